The Morgan fingerprint density at radius 1 is 1.05 bits per heavy atom. The van der Waals surface area contributed by atoms with E-state index in [4.69, 9.17) is 9.47 Å². The van der Waals surface area contributed by atoms with Crippen molar-refractivity contribution in [1.82, 2.24) is 15.1 Å². The second-order valence-electron chi connectivity index (χ2n) is 9.72. The molecule has 1 N–H and O–H groups in total. The monoisotopic (exact) mass is 542 g/mol. The molecule has 0 bridgehead atoms. The molecular formula is C28H29F3N4O4. The number of nitrogens with one attached hydrogen (secondary N) is 1. The molecule has 2 heterocycles. The molecule has 39 heavy (non-hydrogen) atoms. The van der Waals surface area contributed by atoms with E-state index in [-0.39, 0.29) is 17.5 Å². The number of hydrogen-bond acceptors (Lipinski definition) is 6. The number of carbonyl (C=O) groups excluding carboxylic acids is 1. The molecule has 1 atom stereocenters. The van der Waals surface area contributed by atoms with Gasteiger partial charge in [-0.1, -0.05) is 0 Å². The Morgan fingerprint density at radius 3 is 2.38 bits per heavy atom. The van der Waals surface area contributed by atoms with Crippen LogP contribution in [0.15, 0.2) is 41.2 Å². The van der Waals surface area contributed by atoms with E-state index in [0.717, 1.165) is 16.3 Å². The van der Waals surface area contributed by atoms with Crippen LogP contribution < -0.4 is 25.2 Å². The van der Waals surface area contributed by atoms with Crippen LogP contribution in [0.25, 0.3) is 16.9 Å². The number of fused-ring (bicyclic) bond motifs is 1. The molecule has 2 aromatic carbocycles. The van der Waals surface area contributed by atoms with E-state index < -0.39 is 17.3 Å². The Kier molecular flexibility index (Phi) is 7.00. The van der Waals surface area contributed by atoms with Crippen LogP contribution in [0.2, 0.25) is 0 Å². The van der Waals surface area contributed by atoms with Gasteiger partial charge in [0.05, 0.1) is 37.1 Å². The van der Waals surface area contributed by atoms with E-state index in [2.05, 4.69) is 10.4 Å². The number of amides is 1. The maximum absolute atomic E-state index is 14.2. The Labute approximate surface area is 223 Å². The lowest BCUT2D eigenvalue weighted by molar-refractivity contribution is -0.137. The molecule has 0 unspecified atom stereocenters. The van der Waals surface area contributed by atoms with Gasteiger partial charge in [-0.3, -0.25) is 9.59 Å². The second-order valence-corrected chi connectivity index (χ2v) is 9.72. The Morgan fingerprint density at radius 2 is 1.74 bits per heavy atom. The number of anilines is 1. The number of alkyl halides is 3. The number of halogens is 3. The molecule has 0 radical (unpaired) electrons. The van der Waals surface area contributed by atoms with Crippen LogP contribution in [0.5, 0.6) is 11.5 Å². The van der Waals surface area contributed by atoms with Gasteiger partial charge in [-0.15, -0.1) is 0 Å². The molecule has 2 aliphatic rings. The molecule has 1 fully saturated rings. The van der Waals surface area contributed by atoms with Gasteiger partial charge in [0, 0.05) is 43.0 Å². The van der Waals surface area contributed by atoms with Gasteiger partial charge in [-0.05, 0) is 61.6 Å². The first-order chi connectivity index (χ1) is 18.6. The van der Waals surface area contributed by atoms with Crippen molar-refractivity contribution in [3.63, 3.8) is 0 Å². The van der Waals surface area contributed by atoms with Crippen LogP contribution in [0.3, 0.4) is 0 Å². The summed E-state index contributed by atoms with van der Waals surface area (Å²) < 4.78 is 54.4. The molecular weight excluding hydrogens is 513 g/mol. The van der Waals surface area contributed by atoms with Gasteiger partial charge in [0.2, 0.25) is 5.91 Å². The van der Waals surface area contributed by atoms with Crippen molar-refractivity contribution in [2.75, 3.05) is 39.3 Å². The second kappa shape index (κ2) is 10.3. The minimum atomic E-state index is -4.72. The standard InChI is InChI=1S/C28H29F3N4O4/c1-32-26(36)16-9-10-34(15-16)18-7-8-23(28(29,30)31)24(13-18)35-27(37)22-6-4-5-21(22)25(33-35)17-11-19(38-2)14-20(12-17)39-3/h7-8,11-14,16H,4-6,9-10,15H2,1-3H3,(H,32,36)/t16-/m0/s1. The molecule has 1 aromatic heterocycles. The minimum absolute atomic E-state index is 0.112. The predicted molar refractivity (Wildman–Crippen MR) is 140 cm³/mol. The molecule has 5 rings (SSSR count). The average molecular weight is 543 g/mol. The fraction of sp³-hybridized carbons (Fsp3) is 0.393. The highest BCUT2D eigenvalue weighted by Crippen LogP contribution is 2.38. The SMILES string of the molecule is CNC(=O)[C@H]1CCN(c2ccc(C(F)(F)F)c(-n3nc(-c4cc(OC)cc(OC)c4)c4c(c3=O)CCC4)c2)C1. The van der Waals surface area contributed by atoms with Gasteiger partial charge < -0.3 is 19.7 Å². The molecule has 1 aliphatic heterocycles. The number of aromatic nitrogens is 2. The molecule has 1 saturated heterocycles. The third-order valence-corrected chi connectivity index (χ3v) is 7.46. The normalized spacial score (nSPS) is 16.8. The number of ether oxygens (including phenoxy) is 2. The lowest BCUT2D eigenvalue weighted by Gasteiger charge is -2.22. The van der Waals surface area contributed by atoms with E-state index >= 15 is 0 Å². The van der Waals surface area contributed by atoms with Crippen LogP contribution in [0.1, 0.15) is 29.5 Å². The molecule has 0 saturated carbocycles. The number of rotatable bonds is 6. The molecule has 1 aliphatic carbocycles. The van der Waals surface area contributed by atoms with Gasteiger partial charge in [-0.2, -0.15) is 23.0 Å². The Hall–Kier alpha value is -4.02. The molecule has 0 spiro atoms. The lowest BCUT2D eigenvalue weighted by Crippen LogP contribution is -2.30. The lowest BCUT2D eigenvalue weighted by atomic mass is 10.0. The van der Waals surface area contributed by atoms with Crippen molar-refractivity contribution in [2.45, 2.75) is 31.9 Å². The van der Waals surface area contributed by atoms with E-state index in [1.165, 1.54) is 26.4 Å². The first kappa shape index (κ1) is 26.6. The van der Waals surface area contributed by atoms with Crippen molar-refractivity contribution in [2.24, 2.45) is 5.92 Å². The summed E-state index contributed by atoms with van der Waals surface area (Å²) in [6.45, 7) is 0.871. The molecule has 8 nitrogen and oxygen atoms in total. The summed E-state index contributed by atoms with van der Waals surface area (Å²) in [4.78, 5) is 27.6. The van der Waals surface area contributed by atoms with Gasteiger partial charge in [0.25, 0.3) is 5.56 Å². The number of benzene rings is 2. The van der Waals surface area contributed by atoms with Crippen LogP contribution in [-0.4, -0.2) is 50.0 Å². The topological polar surface area (TPSA) is 85.7 Å². The van der Waals surface area contributed by atoms with Crippen molar-refractivity contribution >= 4 is 11.6 Å². The Bertz CT molecular complexity index is 1460. The number of carbonyl (C=O) groups is 1. The quantitative estimate of drug-likeness (QED) is 0.507. The fourth-order valence-corrected chi connectivity index (χ4v) is 5.46. The van der Waals surface area contributed by atoms with Gasteiger partial charge in [-0.25, -0.2) is 0 Å². The minimum Gasteiger partial charge on any atom is -0.497 e. The third kappa shape index (κ3) is 4.93. The molecule has 206 valence electrons. The first-order valence-corrected chi connectivity index (χ1v) is 12.7. The smallest absolute Gasteiger partial charge is 0.418 e. The van der Waals surface area contributed by atoms with Crippen LogP contribution in [0.4, 0.5) is 18.9 Å². The highest BCUT2D eigenvalue weighted by Gasteiger charge is 2.37. The molecule has 11 heteroatoms. The first-order valence-electron chi connectivity index (χ1n) is 12.7. The zero-order valence-electron chi connectivity index (χ0n) is 21.9. The summed E-state index contributed by atoms with van der Waals surface area (Å²) in [5, 5.41) is 7.17. The van der Waals surface area contributed by atoms with E-state index in [1.54, 1.807) is 25.2 Å². The maximum atomic E-state index is 14.2. The van der Waals surface area contributed by atoms with Gasteiger partial charge in [0.15, 0.2) is 0 Å². The molecule has 1 amide bonds. The fourth-order valence-electron chi connectivity index (χ4n) is 5.46. The maximum Gasteiger partial charge on any atom is 0.418 e. The zero-order chi connectivity index (χ0) is 27.9. The van der Waals surface area contributed by atoms with Crippen molar-refractivity contribution in [3.05, 3.63) is 63.4 Å². The van der Waals surface area contributed by atoms with Gasteiger partial charge >= 0.3 is 6.18 Å². The summed E-state index contributed by atoms with van der Waals surface area (Å²) >= 11 is 0. The van der Waals surface area contributed by atoms with Crippen LogP contribution in [-0.2, 0) is 23.8 Å². The highest BCUT2D eigenvalue weighted by molar-refractivity contribution is 5.80. The largest absolute Gasteiger partial charge is 0.497 e. The summed E-state index contributed by atoms with van der Waals surface area (Å²) in [6, 6.07) is 8.84. The van der Waals surface area contributed by atoms with Crippen molar-refractivity contribution in [3.8, 4) is 28.4 Å². The van der Waals surface area contributed by atoms with E-state index in [9.17, 15) is 22.8 Å². The number of hydrogen-bond donors (Lipinski definition) is 1. The van der Waals surface area contributed by atoms with E-state index in [1.807, 2.05) is 4.90 Å². The van der Waals surface area contributed by atoms with Gasteiger partial charge in [0.1, 0.15) is 11.5 Å². The van der Waals surface area contributed by atoms with Crippen LogP contribution in [0, 0.1) is 5.92 Å². The van der Waals surface area contributed by atoms with Crippen molar-refractivity contribution < 1.29 is 27.4 Å². The van der Waals surface area contributed by atoms with Crippen molar-refractivity contribution in [1.29, 1.82) is 0 Å². The molecule has 3 aromatic rings. The summed E-state index contributed by atoms with van der Waals surface area (Å²) in [5.41, 5.74) is 0.797. The zero-order valence-corrected chi connectivity index (χ0v) is 21.9. The third-order valence-electron chi connectivity index (χ3n) is 7.46. The predicted octanol–water partition coefficient (Wildman–Crippen LogP) is 4.00. The average Bonchev–Trinajstić information content (AvgIpc) is 3.63. The summed E-state index contributed by atoms with van der Waals surface area (Å²) in [7, 11) is 4.57. The number of methoxy groups -OCH3 is 2. The highest BCUT2D eigenvalue weighted by atomic mass is 19.4. The summed E-state index contributed by atoms with van der Waals surface area (Å²) in [5.74, 6) is 0.609. The van der Waals surface area contributed by atoms with Crippen LogP contribution >= 0.6 is 0 Å². The van der Waals surface area contributed by atoms with E-state index in [0.29, 0.717) is 72.8 Å². The Balaban J connectivity index is 1.69. The number of nitrogens with zero attached hydrogens (tertiary/aromatic N) is 3. The summed E-state index contributed by atoms with van der Waals surface area (Å²) in [6.07, 6.45) is -2.40.